The van der Waals surface area contributed by atoms with Gasteiger partial charge in [-0.05, 0) is 17.5 Å². The van der Waals surface area contributed by atoms with Gasteiger partial charge in [0, 0.05) is 5.75 Å². The van der Waals surface area contributed by atoms with E-state index >= 15 is 0 Å². The number of aromatic carboxylic acids is 1. The minimum absolute atomic E-state index is 0.0712. The molecule has 0 aliphatic carbocycles. The summed E-state index contributed by atoms with van der Waals surface area (Å²) in [5, 5.41) is 12.9. The molecule has 0 aliphatic heterocycles. The number of carboxylic acids is 1. The molecule has 1 N–H and O–H groups in total. The van der Waals surface area contributed by atoms with E-state index in [4.69, 9.17) is 9.84 Å². The standard InChI is InChI=1S/C12H12N2O3S/c1-17-10-7-14(13-11(10)12(15)16)18-8-9-5-3-2-4-6-9/h2-7H,8H2,1H3,(H,15,16). The van der Waals surface area contributed by atoms with Gasteiger partial charge in [-0.2, -0.15) is 5.10 Å². The molecule has 0 spiro atoms. The predicted octanol–water partition coefficient (Wildman–Crippen LogP) is 2.29. The molecule has 0 bridgehead atoms. The van der Waals surface area contributed by atoms with Crippen LogP contribution in [0.3, 0.4) is 0 Å². The molecular weight excluding hydrogens is 252 g/mol. The molecule has 6 heteroatoms. The highest BCUT2D eigenvalue weighted by molar-refractivity contribution is 7.96. The molecule has 2 aromatic rings. The first-order valence-corrected chi connectivity index (χ1v) is 6.19. The summed E-state index contributed by atoms with van der Waals surface area (Å²) < 4.78 is 6.47. The Hall–Kier alpha value is -1.95. The van der Waals surface area contributed by atoms with Crippen molar-refractivity contribution >= 4 is 17.9 Å². The summed E-state index contributed by atoms with van der Waals surface area (Å²) in [7, 11) is 1.43. The second kappa shape index (κ2) is 5.59. The van der Waals surface area contributed by atoms with E-state index in [9.17, 15) is 4.79 Å². The van der Waals surface area contributed by atoms with Crippen molar-refractivity contribution in [3.63, 3.8) is 0 Å². The Kier molecular flexibility index (Phi) is 3.88. The monoisotopic (exact) mass is 264 g/mol. The maximum absolute atomic E-state index is 10.9. The van der Waals surface area contributed by atoms with Gasteiger partial charge in [-0.1, -0.05) is 30.3 Å². The zero-order valence-corrected chi connectivity index (χ0v) is 10.6. The van der Waals surface area contributed by atoms with E-state index in [1.54, 1.807) is 6.20 Å². The van der Waals surface area contributed by atoms with Crippen molar-refractivity contribution < 1.29 is 14.6 Å². The first-order valence-electron chi connectivity index (χ1n) is 5.25. The fourth-order valence-corrected chi connectivity index (χ4v) is 2.20. The molecule has 0 fully saturated rings. The number of ether oxygens (including phenoxy) is 1. The summed E-state index contributed by atoms with van der Waals surface area (Å²) in [6.07, 6.45) is 1.57. The molecule has 18 heavy (non-hydrogen) atoms. The van der Waals surface area contributed by atoms with Gasteiger partial charge in [0.05, 0.1) is 13.3 Å². The Bertz CT molecular complexity index is 540. The lowest BCUT2D eigenvalue weighted by molar-refractivity contribution is 0.0686. The number of carbonyl (C=O) groups is 1. The molecule has 0 amide bonds. The molecule has 5 nitrogen and oxygen atoms in total. The number of methoxy groups -OCH3 is 1. The SMILES string of the molecule is COc1cn(SCc2ccccc2)nc1C(=O)O. The van der Waals surface area contributed by atoms with E-state index < -0.39 is 5.97 Å². The van der Waals surface area contributed by atoms with E-state index in [1.165, 1.54) is 23.1 Å². The van der Waals surface area contributed by atoms with Gasteiger partial charge >= 0.3 is 5.97 Å². The van der Waals surface area contributed by atoms with Gasteiger partial charge in [0.15, 0.2) is 5.75 Å². The number of nitrogens with zero attached hydrogens (tertiary/aromatic N) is 2. The first kappa shape index (κ1) is 12.5. The van der Waals surface area contributed by atoms with Gasteiger partial charge in [0.25, 0.3) is 0 Å². The number of benzene rings is 1. The van der Waals surface area contributed by atoms with Gasteiger partial charge in [0.1, 0.15) is 0 Å². The Labute approximate surface area is 109 Å². The molecule has 0 atom stereocenters. The van der Waals surface area contributed by atoms with Crippen LogP contribution in [-0.4, -0.2) is 27.4 Å². The van der Waals surface area contributed by atoms with Crippen LogP contribution < -0.4 is 4.74 Å². The van der Waals surface area contributed by atoms with Crippen molar-refractivity contribution in [2.45, 2.75) is 5.75 Å². The Morgan fingerprint density at radius 2 is 2.17 bits per heavy atom. The summed E-state index contributed by atoms with van der Waals surface area (Å²) in [5.74, 6) is -0.112. The third kappa shape index (κ3) is 2.84. The minimum Gasteiger partial charge on any atom is -0.492 e. The summed E-state index contributed by atoms with van der Waals surface area (Å²) in [4.78, 5) is 10.9. The van der Waals surface area contributed by atoms with E-state index in [2.05, 4.69) is 5.10 Å². The topological polar surface area (TPSA) is 64.4 Å². The molecule has 1 aromatic heterocycles. The number of rotatable bonds is 5. The second-order valence-corrected chi connectivity index (χ2v) is 4.43. The zero-order chi connectivity index (χ0) is 13.0. The minimum atomic E-state index is -1.09. The molecule has 94 valence electrons. The molecule has 0 aliphatic rings. The van der Waals surface area contributed by atoms with E-state index in [-0.39, 0.29) is 11.4 Å². The highest BCUT2D eigenvalue weighted by Crippen LogP contribution is 2.21. The van der Waals surface area contributed by atoms with Crippen LogP contribution in [0.1, 0.15) is 16.1 Å². The maximum Gasteiger partial charge on any atom is 0.360 e. The van der Waals surface area contributed by atoms with Gasteiger partial charge in [-0.25, -0.2) is 8.88 Å². The number of hydrogen-bond donors (Lipinski definition) is 1. The quantitative estimate of drug-likeness (QED) is 0.897. The van der Waals surface area contributed by atoms with E-state index in [0.717, 1.165) is 5.56 Å². The van der Waals surface area contributed by atoms with Crippen molar-refractivity contribution in [3.05, 3.63) is 47.8 Å². The first-order chi connectivity index (χ1) is 8.70. The molecule has 0 saturated heterocycles. The molecule has 2 rings (SSSR count). The summed E-state index contributed by atoms with van der Waals surface area (Å²) in [6, 6.07) is 9.88. The third-order valence-electron chi connectivity index (χ3n) is 2.29. The highest BCUT2D eigenvalue weighted by atomic mass is 32.2. The van der Waals surface area contributed by atoms with Crippen molar-refractivity contribution in [2.75, 3.05) is 7.11 Å². The van der Waals surface area contributed by atoms with E-state index in [1.807, 2.05) is 30.3 Å². The van der Waals surface area contributed by atoms with Crippen LogP contribution in [0.15, 0.2) is 36.5 Å². The summed E-state index contributed by atoms with van der Waals surface area (Å²) in [5.41, 5.74) is 1.08. The van der Waals surface area contributed by atoms with Crippen LogP contribution in [-0.2, 0) is 5.75 Å². The van der Waals surface area contributed by atoms with Gasteiger partial charge < -0.3 is 9.84 Å². The van der Waals surface area contributed by atoms with Gasteiger partial charge in [0.2, 0.25) is 5.69 Å². The fraction of sp³-hybridized carbons (Fsp3) is 0.167. The lowest BCUT2D eigenvalue weighted by Crippen LogP contribution is -2.00. The van der Waals surface area contributed by atoms with Gasteiger partial charge in [-0.15, -0.1) is 0 Å². The van der Waals surface area contributed by atoms with Crippen LogP contribution in [0.25, 0.3) is 0 Å². The lowest BCUT2D eigenvalue weighted by Gasteiger charge is -2.00. The van der Waals surface area contributed by atoms with Crippen molar-refractivity contribution in [2.24, 2.45) is 0 Å². The van der Waals surface area contributed by atoms with Crippen LogP contribution in [0.5, 0.6) is 5.75 Å². The second-order valence-electron chi connectivity index (χ2n) is 3.51. The number of hydrogen-bond acceptors (Lipinski definition) is 4. The number of aromatic nitrogens is 2. The van der Waals surface area contributed by atoms with Crippen molar-refractivity contribution in [1.29, 1.82) is 0 Å². The van der Waals surface area contributed by atoms with Crippen LogP contribution in [0, 0.1) is 0 Å². The summed E-state index contributed by atoms with van der Waals surface area (Å²) in [6.45, 7) is 0. The van der Waals surface area contributed by atoms with Gasteiger partial charge in [-0.3, -0.25) is 0 Å². The molecule has 0 saturated carbocycles. The van der Waals surface area contributed by atoms with Crippen LogP contribution in [0.2, 0.25) is 0 Å². The molecular formula is C12H12N2O3S. The van der Waals surface area contributed by atoms with Crippen LogP contribution in [0.4, 0.5) is 0 Å². The van der Waals surface area contributed by atoms with Crippen molar-refractivity contribution in [3.8, 4) is 5.75 Å². The Morgan fingerprint density at radius 1 is 1.44 bits per heavy atom. The fourth-order valence-electron chi connectivity index (χ4n) is 1.42. The molecule has 1 heterocycles. The molecule has 0 unspecified atom stereocenters. The average Bonchev–Trinajstić information content (AvgIpc) is 2.81. The molecule has 1 aromatic carbocycles. The maximum atomic E-state index is 10.9. The highest BCUT2D eigenvalue weighted by Gasteiger charge is 2.16. The summed E-state index contributed by atoms with van der Waals surface area (Å²) >= 11 is 1.40. The molecule has 0 radical (unpaired) electrons. The lowest BCUT2D eigenvalue weighted by atomic mass is 10.2. The Balaban J connectivity index is 2.08. The average molecular weight is 264 g/mol. The zero-order valence-electron chi connectivity index (χ0n) is 9.74. The van der Waals surface area contributed by atoms with Crippen LogP contribution >= 0.6 is 11.9 Å². The largest absolute Gasteiger partial charge is 0.492 e. The smallest absolute Gasteiger partial charge is 0.360 e. The van der Waals surface area contributed by atoms with Crippen molar-refractivity contribution in [1.82, 2.24) is 9.19 Å². The predicted molar refractivity (Wildman–Crippen MR) is 68.9 cm³/mol. The van der Waals surface area contributed by atoms with E-state index in [0.29, 0.717) is 5.75 Å². The Morgan fingerprint density at radius 3 is 2.72 bits per heavy atom. The third-order valence-corrected chi connectivity index (χ3v) is 3.20. The number of carboxylic acid groups (broad SMARTS) is 1. The normalized spacial score (nSPS) is 10.3.